The van der Waals surface area contributed by atoms with Gasteiger partial charge in [-0.2, -0.15) is 4.31 Å². The molecule has 0 atom stereocenters. The molecule has 7 heteroatoms. The molecule has 0 bridgehead atoms. The smallest absolute Gasteiger partial charge is 0.246 e. The minimum atomic E-state index is -3.58. The van der Waals surface area contributed by atoms with Crippen LogP contribution in [0.5, 0.6) is 0 Å². The van der Waals surface area contributed by atoms with Crippen LogP contribution in [0.15, 0.2) is 23.4 Å². The van der Waals surface area contributed by atoms with Crippen molar-refractivity contribution in [1.29, 1.82) is 0 Å². The van der Waals surface area contributed by atoms with Gasteiger partial charge in [0.25, 0.3) is 0 Å². The van der Waals surface area contributed by atoms with Gasteiger partial charge in [0, 0.05) is 32.6 Å². The Labute approximate surface area is 101 Å². The largest absolute Gasteiger partial charge is 0.398 e. The first-order valence-electron chi connectivity index (χ1n) is 5.23. The van der Waals surface area contributed by atoms with Gasteiger partial charge < -0.3 is 10.5 Å². The van der Waals surface area contributed by atoms with E-state index < -0.39 is 10.0 Å². The summed E-state index contributed by atoms with van der Waals surface area (Å²) in [6.07, 6.45) is 2.70. The molecule has 0 saturated carbocycles. The zero-order chi connectivity index (χ0) is 12.9. The van der Waals surface area contributed by atoms with Gasteiger partial charge in [-0.05, 0) is 13.0 Å². The SMILES string of the molecule is CCOCCN(C)S(=O)(=O)c1cnccc1N. The zero-order valence-electron chi connectivity index (χ0n) is 9.96. The van der Waals surface area contributed by atoms with Crippen molar-refractivity contribution in [3.8, 4) is 0 Å². The van der Waals surface area contributed by atoms with Crippen molar-refractivity contribution in [2.45, 2.75) is 11.8 Å². The summed E-state index contributed by atoms with van der Waals surface area (Å²) >= 11 is 0. The molecule has 1 heterocycles. The molecule has 96 valence electrons. The number of pyridine rings is 1. The van der Waals surface area contributed by atoms with Crippen LogP contribution < -0.4 is 5.73 Å². The van der Waals surface area contributed by atoms with E-state index in [2.05, 4.69) is 4.98 Å². The van der Waals surface area contributed by atoms with Crippen molar-refractivity contribution in [3.05, 3.63) is 18.5 Å². The summed E-state index contributed by atoms with van der Waals surface area (Å²) in [6.45, 7) is 3.05. The predicted molar refractivity (Wildman–Crippen MR) is 65.0 cm³/mol. The molecule has 1 aromatic rings. The fourth-order valence-corrected chi connectivity index (χ4v) is 2.44. The molecule has 1 aromatic heterocycles. The molecule has 0 aliphatic heterocycles. The van der Waals surface area contributed by atoms with Crippen molar-refractivity contribution in [2.75, 3.05) is 32.5 Å². The molecule has 0 aromatic carbocycles. The maximum atomic E-state index is 12.1. The van der Waals surface area contributed by atoms with Crippen LogP contribution in [0.3, 0.4) is 0 Å². The highest BCUT2D eigenvalue weighted by molar-refractivity contribution is 7.89. The van der Waals surface area contributed by atoms with Gasteiger partial charge in [-0.15, -0.1) is 0 Å². The number of nitrogens with two attached hydrogens (primary N) is 1. The molecule has 0 fully saturated rings. The Morgan fingerprint density at radius 1 is 1.53 bits per heavy atom. The van der Waals surface area contributed by atoms with E-state index in [-0.39, 0.29) is 17.1 Å². The first kappa shape index (κ1) is 13.9. The Kier molecular flexibility index (Phi) is 4.86. The number of anilines is 1. The maximum Gasteiger partial charge on any atom is 0.246 e. The fourth-order valence-electron chi connectivity index (χ4n) is 1.23. The molecule has 0 spiro atoms. The quantitative estimate of drug-likeness (QED) is 0.744. The minimum absolute atomic E-state index is 0.0269. The Morgan fingerprint density at radius 2 is 2.24 bits per heavy atom. The van der Waals surface area contributed by atoms with E-state index in [1.165, 1.54) is 29.8 Å². The molecule has 0 radical (unpaired) electrons. The third-order valence-electron chi connectivity index (χ3n) is 2.26. The van der Waals surface area contributed by atoms with Crippen LogP contribution in [0, 0.1) is 0 Å². The number of hydrogen-bond donors (Lipinski definition) is 1. The molecule has 0 saturated heterocycles. The fraction of sp³-hybridized carbons (Fsp3) is 0.500. The van der Waals surface area contributed by atoms with Crippen LogP contribution in [0.4, 0.5) is 5.69 Å². The van der Waals surface area contributed by atoms with E-state index in [1.807, 2.05) is 6.92 Å². The van der Waals surface area contributed by atoms with Crippen LogP contribution >= 0.6 is 0 Å². The summed E-state index contributed by atoms with van der Waals surface area (Å²) in [5, 5.41) is 0. The number of sulfonamides is 1. The van der Waals surface area contributed by atoms with Crippen molar-refractivity contribution in [1.82, 2.24) is 9.29 Å². The summed E-state index contributed by atoms with van der Waals surface area (Å²) in [7, 11) is -2.10. The Morgan fingerprint density at radius 3 is 2.82 bits per heavy atom. The van der Waals surface area contributed by atoms with E-state index in [0.717, 1.165) is 0 Å². The summed E-state index contributed by atoms with van der Waals surface area (Å²) < 4.78 is 30.5. The molecule has 6 nitrogen and oxygen atoms in total. The highest BCUT2D eigenvalue weighted by atomic mass is 32.2. The number of likely N-dealkylation sites (N-methyl/N-ethyl adjacent to an activating group) is 1. The minimum Gasteiger partial charge on any atom is -0.398 e. The van der Waals surface area contributed by atoms with Gasteiger partial charge in [-0.3, -0.25) is 4.98 Å². The lowest BCUT2D eigenvalue weighted by molar-refractivity contribution is 0.138. The zero-order valence-corrected chi connectivity index (χ0v) is 10.8. The van der Waals surface area contributed by atoms with Crippen LogP contribution in [0.2, 0.25) is 0 Å². The van der Waals surface area contributed by atoms with Crippen LogP contribution in [-0.4, -0.2) is 44.5 Å². The van der Waals surface area contributed by atoms with Crippen molar-refractivity contribution in [3.63, 3.8) is 0 Å². The third kappa shape index (κ3) is 3.39. The number of aromatic nitrogens is 1. The maximum absolute atomic E-state index is 12.1. The van der Waals surface area contributed by atoms with Crippen LogP contribution in [-0.2, 0) is 14.8 Å². The first-order valence-corrected chi connectivity index (χ1v) is 6.67. The monoisotopic (exact) mass is 259 g/mol. The molecule has 0 amide bonds. The second-order valence-electron chi connectivity index (χ2n) is 3.44. The lowest BCUT2D eigenvalue weighted by Gasteiger charge is -2.17. The number of nitrogens with zero attached hydrogens (tertiary/aromatic N) is 2. The third-order valence-corrected chi connectivity index (χ3v) is 4.16. The molecular weight excluding hydrogens is 242 g/mol. The standard InChI is InChI=1S/C10H17N3O3S/c1-3-16-7-6-13(2)17(14,15)10-8-12-5-4-9(10)11/h4-5,8H,3,6-7H2,1-2H3,(H2,11,12). The second-order valence-corrected chi connectivity index (χ2v) is 5.45. The van der Waals surface area contributed by atoms with Gasteiger partial charge in [0.2, 0.25) is 10.0 Å². The summed E-state index contributed by atoms with van der Waals surface area (Å²) in [5.41, 5.74) is 5.82. The van der Waals surface area contributed by atoms with E-state index in [4.69, 9.17) is 10.5 Å². The number of rotatable bonds is 6. The summed E-state index contributed by atoms with van der Waals surface area (Å²) in [4.78, 5) is 3.80. The highest BCUT2D eigenvalue weighted by Gasteiger charge is 2.22. The number of ether oxygens (including phenoxy) is 1. The molecule has 0 aliphatic carbocycles. The molecular formula is C10H17N3O3S. The molecule has 17 heavy (non-hydrogen) atoms. The molecule has 2 N–H and O–H groups in total. The average molecular weight is 259 g/mol. The van der Waals surface area contributed by atoms with Crippen LogP contribution in [0.1, 0.15) is 6.92 Å². The summed E-state index contributed by atoms with van der Waals surface area (Å²) in [6, 6.07) is 1.46. The number of hydrogen-bond acceptors (Lipinski definition) is 5. The van der Waals surface area contributed by atoms with Gasteiger partial charge in [0.1, 0.15) is 4.90 Å². The van der Waals surface area contributed by atoms with E-state index in [9.17, 15) is 8.42 Å². The van der Waals surface area contributed by atoms with Crippen molar-refractivity contribution < 1.29 is 13.2 Å². The second kappa shape index (κ2) is 5.95. The van der Waals surface area contributed by atoms with E-state index in [0.29, 0.717) is 13.2 Å². The Balaban J connectivity index is 2.85. The van der Waals surface area contributed by atoms with E-state index >= 15 is 0 Å². The van der Waals surface area contributed by atoms with Gasteiger partial charge in [-0.1, -0.05) is 0 Å². The van der Waals surface area contributed by atoms with E-state index in [1.54, 1.807) is 0 Å². The lowest BCUT2D eigenvalue weighted by Crippen LogP contribution is -2.30. The van der Waals surface area contributed by atoms with Crippen molar-refractivity contribution in [2.24, 2.45) is 0 Å². The first-order chi connectivity index (χ1) is 8.00. The topological polar surface area (TPSA) is 85.5 Å². The summed E-state index contributed by atoms with van der Waals surface area (Å²) in [5.74, 6) is 0. The van der Waals surface area contributed by atoms with Gasteiger partial charge in [-0.25, -0.2) is 8.42 Å². The highest BCUT2D eigenvalue weighted by Crippen LogP contribution is 2.19. The van der Waals surface area contributed by atoms with Gasteiger partial charge in [0.15, 0.2) is 0 Å². The number of nitrogen functional groups attached to an aromatic ring is 1. The van der Waals surface area contributed by atoms with Gasteiger partial charge >= 0.3 is 0 Å². The Hall–Kier alpha value is -1.18. The lowest BCUT2D eigenvalue weighted by atomic mass is 10.4. The molecule has 0 unspecified atom stereocenters. The Bertz CT molecular complexity index is 462. The predicted octanol–water partition coefficient (Wildman–Crippen LogP) is 0.321. The van der Waals surface area contributed by atoms with Gasteiger partial charge in [0.05, 0.1) is 12.3 Å². The van der Waals surface area contributed by atoms with Crippen molar-refractivity contribution >= 4 is 15.7 Å². The van der Waals surface area contributed by atoms with Crippen LogP contribution in [0.25, 0.3) is 0 Å². The normalized spacial score (nSPS) is 11.9. The molecule has 0 aliphatic rings. The average Bonchev–Trinajstić information content (AvgIpc) is 2.29. The molecule has 1 rings (SSSR count).